The van der Waals surface area contributed by atoms with Gasteiger partial charge in [0.05, 0.1) is 17.1 Å². The van der Waals surface area contributed by atoms with Crippen LogP contribution in [0.3, 0.4) is 0 Å². The van der Waals surface area contributed by atoms with E-state index in [-0.39, 0.29) is 6.04 Å². The molecular weight excluding hydrogens is 246 g/mol. The van der Waals surface area contributed by atoms with Gasteiger partial charge in [-0.25, -0.2) is 4.98 Å². The average Bonchev–Trinajstić information content (AvgIpc) is 2.85. The van der Waals surface area contributed by atoms with E-state index in [0.717, 1.165) is 29.0 Å². The third-order valence-electron chi connectivity index (χ3n) is 3.71. The van der Waals surface area contributed by atoms with Crippen molar-refractivity contribution in [3.05, 3.63) is 65.5 Å². The Morgan fingerprint density at radius 1 is 1.10 bits per heavy atom. The maximum Gasteiger partial charge on any atom is 0.131 e. The van der Waals surface area contributed by atoms with E-state index in [0.29, 0.717) is 0 Å². The molecule has 3 heteroatoms. The number of benzene rings is 2. The third-order valence-corrected chi connectivity index (χ3v) is 3.71. The van der Waals surface area contributed by atoms with Crippen molar-refractivity contribution in [2.75, 3.05) is 0 Å². The molecule has 0 saturated heterocycles. The minimum absolute atomic E-state index is 0.192. The quantitative estimate of drug-likeness (QED) is 0.788. The van der Waals surface area contributed by atoms with E-state index in [9.17, 15) is 0 Å². The van der Waals surface area contributed by atoms with E-state index < -0.39 is 0 Å². The van der Waals surface area contributed by atoms with Crippen LogP contribution < -0.4 is 5.73 Å². The summed E-state index contributed by atoms with van der Waals surface area (Å²) < 4.78 is 2.19. The fraction of sp³-hybridized carbons (Fsp3) is 0.235. The lowest BCUT2D eigenvalue weighted by molar-refractivity contribution is 0.671. The molecule has 1 heterocycles. The van der Waals surface area contributed by atoms with Gasteiger partial charge in [-0.15, -0.1) is 0 Å². The second kappa shape index (κ2) is 5.10. The first-order valence-electron chi connectivity index (χ1n) is 6.98. The Kier molecular flexibility index (Phi) is 3.28. The molecule has 0 aliphatic heterocycles. The van der Waals surface area contributed by atoms with Gasteiger partial charge in [0.2, 0.25) is 0 Å². The Morgan fingerprint density at radius 2 is 1.80 bits per heavy atom. The first kappa shape index (κ1) is 12.9. The molecule has 3 aromatic rings. The van der Waals surface area contributed by atoms with Crippen molar-refractivity contribution in [1.29, 1.82) is 0 Å². The zero-order valence-corrected chi connectivity index (χ0v) is 11.9. The van der Waals surface area contributed by atoms with Gasteiger partial charge in [0, 0.05) is 6.54 Å². The predicted octanol–water partition coefficient (Wildman–Crippen LogP) is 3.41. The van der Waals surface area contributed by atoms with Crippen LogP contribution in [0.5, 0.6) is 0 Å². The van der Waals surface area contributed by atoms with Gasteiger partial charge in [0.1, 0.15) is 5.82 Å². The summed E-state index contributed by atoms with van der Waals surface area (Å²) in [6, 6.07) is 16.3. The number of fused-ring (bicyclic) bond motifs is 1. The minimum Gasteiger partial charge on any atom is -0.327 e. The summed E-state index contributed by atoms with van der Waals surface area (Å²) in [7, 11) is 0. The molecule has 0 spiro atoms. The zero-order valence-electron chi connectivity index (χ0n) is 11.9. The molecule has 1 atom stereocenters. The van der Waals surface area contributed by atoms with Crippen LogP contribution in [0, 0.1) is 6.92 Å². The molecule has 0 aliphatic rings. The van der Waals surface area contributed by atoms with Crippen LogP contribution in [-0.4, -0.2) is 9.55 Å². The number of hydrogen-bond donors (Lipinski definition) is 1. The highest BCUT2D eigenvalue weighted by Gasteiger charge is 2.17. The van der Waals surface area contributed by atoms with Crippen molar-refractivity contribution >= 4 is 11.0 Å². The lowest BCUT2D eigenvalue weighted by Crippen LogP contribution is -2.17. The van der Waals surface area contributed by atoms with E-state index in [1.165, 1.54) is 5.56 Å². The van der Waals surface area contributed by atoms with Crippen molar-refractivity contribution in [3.63, 3.8) is 0 Å². The highest BCUT2D eigenvalue weighted by molar-refractivity contribution is 5.76. The van der Waals surface area contributed by atoms with Crippen molar-refractivity contribution in [2.24, 2.45) is 5.73 Å². The molecule has 0 radical (unpaired) electrons. The van der Waals surface area contributed by atoms with Crippen molar-refractivity contribution < 1.29 is 0 Å². The Labute approximate surface area is 119 Å². The summed E-state index contributed by atoms with van der Waals surface area (Å²) in [4.78, 5) is 4.72. The lowest BCUT2D eigenvalue weighted by atomic mass is 10.1. The normalized spacial score (nSPS) is 12.8. The van der Waals surface area contributed by atoms with E-state index in [4.69, 9.17) is 10.7 Å². The lowest BCUT2D eigenvalue weighted by Gasteiger charge is -2.14. The first-order valence-corrected chi connectivity index (χ1v) is 6.98. The first-order chi connectivity index (χ1) is 9.70. The number of aryl methyl sites for hydroxylation is 2. The van der Waals surface area contributed by atoms with E-state index >= 15 is 0 Å². The monoisotopic (exact) mass is 265 g/mol. The largest absolute Gasteiger partial charge is 0.327 e. The fourth-order valence-corrected chi connectivity index (χ4v) is 2.59. The molecule has 102 valence electrons. The summed E-state index contributed by atoms with van der Waals surface area (Å²) in [6.07, 6.45) is 0. The Balaban J connectivity index is 2.11. The van der Waals surface area contributed by atoms with Crippen molar-refractivity contribution in [2.45, 2.75) is 26.4 Å². The molecule has 0 fully saturated rings. The van der Waals surface area contributed by atoms with E-state index in [1.54, 1.807) is 0 Å². The van der Waals surface area contributed by atoms with Crippen molar-refractivity contribution in [3.8, 4) is 0 Å². The summed E-state index contributed by atoms with van der Waals surface area (Å²) in [5, 5.41) is 0. The second-order valence-corrected chi connectivity index (χ2v) is 5.09. The number of imidazole rings is 1. The van der Waals surface area contributed by atoms with Crippen LogP contribution >= 0.6 is 0 Å². The highest BCUT2D eigenvalue weighted by Crippen LogP contribution is 2.24. The Bertz CT molecular complexity index is 726. The van der Waals surface area contributed by atoms with Gasteiger partial charge in [0.15, 0.2) is 0 Å². The molecule has 0 bridgehead atoms. The van der Waals surface area contributed by atoms with Crippen LogP contribution in [0.25, 0.3) is 11.0 Å². The number of nitrogens with zero attached hydrogens (tertiary/aromatic N) is 2. The molecule has 0 saturated carbocycles. The SMILES string of the molecule is CCn1c(C(N)c2ccc(C)cc2)nc2ccccc21. The topological polar surface area (TPSA) is 43.8 Å². The molecule has 20 heavy (non-hydrogen) atoms. The molecular formula is C17H19N3. The maximum atomic E-state index is 6.42. The van der Waals surface area contributed by atoms with E-state index in [1.807, 2.05) is 18.2 Å². The van der Waals surface area contributed by atoms with Gasteiger partial charge < -0.3 is 10.3 Å². The number of nitrogens with two attached hydrogens (primary N) is 1. The molecule has 1 unspecified atom stereocenters. The number of rotatable bonds is 3. The van der Waals surface area contributed by atoms with Gasteiger partial charge in [-0.1, -0.05) is 42.0 Å². The number of hydrogen-bond acceptors (Lipinski definition) is 2. The Hall–Kier alpha value is -2.13. The van der Waals surface area contributed by atoms with Gasteiger partial charge in [-0.2, -0.15) is 0 Å². The fourth-order valence-electron chi connectivity index (χ4n) is 2.59. The summed E-state index contributed by atoms with van der Waals surface area (Å²) in [5.41, 5.74) is 10.9. The number of para-hydroxylation sites is 2. The van der Waals surface area contributed by atoms with E-state index in [2.05, 4.69) is 48.7 Å². The smallest absolute Gasteiger partial charge is 0.131 e. The van der Waals surface area contributed by atoms with Crippen LogP contribution in [-0.2, 0) is 6.54 Å². The third kappa shape index (κ3) is 2.10. The Morgan fingerprint density at radius 3 is 2.50 bits per heavy atom. The molecule has 0 aliphatic carbocycles. The second-order valence-electron chi connectivity index (χ2n) is 5.09. The van der Waals surface area contributed by atoms with Crippen LogP contribution in [0.2, 0.25) is 0 Å². The zero-order chi connectivity index (χ0) is 14.1. The summed E-state index contributed by atoms with van der Waals surface area (Å²) in [6.45, 7) is 5.07. The van der Waals surface area contributed by atoms with Crippen LogP contribution in [0.15, 0.2) is 48.5 Å². The molecule has 1 aromatic heterocycles. The molecule has 2 N–H and O–H groups in total. The minimum atomic E-state index is -0.192. The molecule has 3 nitrogen and oxygen atoms in total. The summed E-state index contributed by atoms with van der Waals surface area (Å²) in [5.74, 6) is 0.928. The maximum absolute atomic E-state index is 6.42. The molecule has 2 aromatic carbocycles. The van der Waals surface area contributed by atoms with Crippen molar-refractivity contribution in [1.82, 2.24) is 9.55 Å². The van der Waals surface area contributed by atoms with Crippen LogP contribution in [0.1, 0.15) is 29.9 Å². The van der Waals surface area contributed by atoms with Crippen LogP contribution in [0.4, 0.5) is 0 Å². The average molecular weight is 265 g/mol. The van der Waals surface area contributed by atoms with Gasteiger partial charge in [-0.05, 0) is 31.5 Å². The van der Waals surface area contributed by atoms with Gasteiger partial charge in [-0.3, -0.25) is 0 Å². The highest BCUT2D eigenvalue weighted by atomic mass is 15.1. The molecule has 3 rings (SSSR count). The van der Waals surface area contributed by atoms with Gasteiger partial charge >= 0.3 is 0 Å². The molecule has 0 amide bonds. The summed E-state index contributed by atoms with van der Waals surface area (Å²) >= 11 is 0. The standard InChI is InChI=1S/C17H19N3/c1-3-20-15-7-5-4-6-14(15)19-17(20)16(18)13-10-8-12(2)9-11-13/h4-11,16H,3,18H2,1-2H3. The predicted molar refractivity (Wildman–Crippen MR) is 82.6 cm³/mol. The number of aromatic nitrogens is 2. The van der Waals surface area contributed by atoms with Gasteiger partial charge in [0.25, 0.3) is 0 Å².